The summed E-state index contributed by atoms with van der Waals surface area (Å²) < 4.78 is 0. The van der Waals surface area contributed by atoms with Crippen molar-refractivity contribution in [2.45, 2.75) is 58.4 Å². The van der Waals surface area contributed by atoms with Gasteiger partial charge >= 0.3 is 0 Å². The van der Waals surface area contributed by atoms with Crippen molar-refractivity contribution in [2.24, 2.45) is 11.8 Å². The first-order valence-electron chi connectivity index (χ1n) is 7.72. The van der Waals surface area contributed by atoms with Gasteiger partial charge in [0.1, 0.15) is 18.0 Å². The summed E-state index contributed by atoms with van der Waals surface area (Å²) in [7, 11) is 2.16. The zero-order valence-corrected chi connectivity index (χ0v) is 12.9. The van der Waals surface area contributed by atoms with Crippen LogP contribution in [0.3, 0.4) is 0 Å². The van der Waals surface area contributed by atoms with Crippen molar-refractivity contribution in [3.8, 4) is 0 Å². The van der Waals surface area contributed by atoms with E-state index in [9.17, 15) is 0 Å². The largest absolute Gasteiger partial charge is 0.356 e. The van der Waals surface area contributed by atoms with Gasteiger partial charge in [-0.2, -0.15) is 0 Å². The first-order chi connectivity index (χ1) is 9.69. The molecule has 0 bridgehead atoms. The number of aromatic nitrogens is 2. The van der Waals surface area contributed by atoms with Crippen LogP contribution in [0.5, 0.6) is 0 Å². The van der Waals surface area contributed by atoms with E-state index in [1.54, 1.807) is 6.33 Å². The minimum absolute atomic E-state index is 0.569. The number of hydrazine groups is 1. The molecule has 0 amide bonds. The molecule has 5 heteroatoms. The molecule has 0 radical (unpaired) electrons. The van der Waals surface area contributed by atoms with Crippen LogP contribution in [0.1, 0.15) is 51.5 Å². The van der Waals surface area contributed by atoms with Crippen molar-refractivity contribution >= 4 is 11.6 Å². The zero-order valence-electron chi connectivity index (χ0n) is 12.9. The predicted octanol–water partition coefficient (Wildman–Crippen LogP) is 2.73. The molecule has 112 valence electrons. The number of rotatable bonds is 5. The van der Waals surface area contributed by atoms with Gasteiger partial charge in [0.05, 0.1) is 0 Å². The van der Waals surface area contributed by atoms with Crippen LogP contribution in [0.15, 0.2) is 6.33 Å². The lowest BCUT2D eigenvalue weighted by Gasteiger charge is -2.37. The fourth-order valence-electron chi connectivity index (χ4n) is 3.34. The van der Waals surface area contributed by atoms with Gasteiger partial charge < -0.3 is 10.3 Å². The minimum Gasteiger partial charge on any atom is -0.356 e. The molecular weight excluding hydrogens is 250 g/mol. The van der Waals surface area contributed by atoms with Crippen molar-refractivity contribution in [1.82, 2.24) is 9.97 Å². The summed E-state index contributed by atoms with van der Waals surface area (Å²) in [5.41, 5.74) is 3.85. The van der Waals surface area contributed by atoms with Crippen molar-refractivity contribution in [2.75, 3.05) is 17.4 Å². The van der Waals surface area contributed by atoms with Crippen molar-refractivity contribution in [3.05, 3.63) is 11.9 Å². The van der Waals surface area contributed by atoms with Crippen LogP contribution in [-0.2, 0) is 6.42 Å². The number of hydrogen-bond donors (Lipinski definition) is 2. The summed E-state index contributed by atoms with van der Waals surface area (Å²) in [5.74, 6) is 8.10. The van der Waals surface area contributed by atoms with Gasteiger partial charge in [0.15, 0.2) is 0 Å². The normalized spacial score (nSPS) is 22.6. The third kappa shape index (κ3) is 3.03. The Labute approximate surface area is 121 Å². The number of anilines is 2. The monoisotopic (exact) mass is 277 g/mol. The Morgan fingerprint density at radius 1 is 1.35 bits per heavy atom. The second-order valence-corrected chi connectivity index (χ2v) is 5.86. The summed E-state index contributed by atoms with van der Waals surface area (Å²) >= 11 is 0. The van der Waals surface area contributed by atoms with Gasteiger partial charge in [-0.1, -0.05) is 33.1 Å². The number of nitrogens with one attached hydrogen (secondary N) is 1. The van der Waals surface area contributed by atoms with Crippen LogP contribution in [0.4, 0.5) is 11.6 Å². The van der Waals surface area contributed by atoms with Gasteiger partial charge in [-0.3, -0.25) is 0 Å². The fourth-order valence-corrected chi connectivity index (χ4v) is 3.34. The lowest BCUT2D eigenvalue weighted by molar-refractivity contribution is 0.320. The van der Waals surface area contributed by atoms with Gasteiger partial charge in [-0.05, 0) is 25.2 Å². The summed E-state index contributed by atoms with van der Waals surface area (Å²) in [6, 6.07) is 0.569. The Kier molecular flexibility index (Phi) is 5.17. The van der Waals surface area contributed by atoms with E-state index in [1.165, 1.54) is 25.7 Å². The number of nitrogen functional groups attached to an aromatic ring is 1. The molecule has 0 spiro atoms. The molecule has 2 rings (SSSR count). The summed E-state index contributed by atoms with van der Waals surface area (Å²) in [4.78, 5) is 11.1. The molecule has 3 N–H and O–H groups in total. The summed E-state index contributed by atoms with van der Waals surface area (Å²) in [6.07, 6.45) is 8.84. The number of hydrogen-bond acceptors (Lipinski definition) is 5. The molecular formula is C15H27N5. The van der Waals surface area contributed by atoms with E-state index < -0.39 is 0 Å². The predicted molar refractivity (Wildman–Crippen MR) is 83.7 cm³/mol. The SMILES string of the molecule is CCCc1c(NN)ncnc1N(C)C1CCCCC1C. The van der Waals surface area contributed by atoms with Crippen LogP contribution in [0, 0.1) is 5.92 Å². The molecule has 1 heterocycles. The highest BCUT2D eigenvalue weighted by molar-refractivity contribution is 5.58. The van der Waals surface area contributed by atoms with E-state index in [2.05, 4.69) is 41.2 Å². The molecule has 1 aliphatic rings. The number of nitrogens with zero attached hydrogens (tertiary/aromatic N) is 3. The third-order valence-corrected chi connectivity index (χ3v) is 4.46. The van der Waals surface area contributed by atoms with Gasteiger partial charge in [0, 0.05) is 18.7 Å². The Balaban J connectivity index is 2.30. The molecule has 0 aliphatic heterocycles. The number of nitrogens with two attached hydrogens (primary N) is 1. The Morgan fingerprint density at radius 3 is 2.75 bits per heavy atom. The third-order valence-electron chi connectivity index (χ3n) is 4.46. The lowest BCUT2D eigenvalue weighted by Crippen LogP contribution is -2.40. The summed E-state index contributed by atoms with van der Waals surface area (Å²) in [6.45, 7) is 4.52. The van der Waals surface area contributed by atoms with E-state index in [0.29, 0.717) is 12.0 Å². The van der Waals surface area contributed by atoms with Gasteiger partial charge in [-0.15, -0.1) is 0 Å². The van der Waals surface area contributed by atoms with E-state index in [0.717, 1.165) is 30.0 Å². The van der Waals surface area contributed by atoms with Crippen molar-refractivity contribution in [3.63, 3.8) is 0 Å². The standard InChI is InChI=1S/C15H27N5/c1-4-7-12-14(19-16)17-10-18-15(12)20(3)13-9-6-5-8-11(13)2/h10-11,13H,4-9,16H2,1-3H3,(H,17,18,19). The average molecular weight is 277 g/mol. The fraction of sp³-hybridized carbons (Fsp3) is 0.733. The molecule has 1 saturated carbocycles. The Morgan fingerprint density at radius 2 is 2.10 bits per heavy atom. The smallest absolute Gasteiger partial charge is 0.148 e. The molecule has 1 aromatic rings. The molecule has 2 unspecified atom stereocenters. The second kappa shape index (κ2) is 6.88. The van der Waals surface area contributed by atoms with E-state index >= 15 is 0 Å². The molecule has 0 saturated heterocycles. The molecule has 1 aromatic heterocycles. The Hall–Kier alpha value is -1.36. The topological polar surface area (TPSA) is 67.1 Å². The molecule has 1 aliphatic carbocycles. The molecule has 2 atom stereocenters. The first kappa shape index (κ1) is 15.0. The van der Waals surface area contributed by atoms with Gasteiger partial charge in [0.25, 0.3) is 0 Å². The zero-order chi connectivity index (χ0) is 14.5. The second-order valence-electron chi connectivity index (χ2n) is 5.86. The highest BCUT2D eigenvalue weighted by Crippen LogP contribution is 2.32. The van der Waals surface area contributed by atoms with Crippen LogP contribution in [-0.4, -0.2) is 23.1 Å². The van der Waals surface area contributed by atoms with Crippen LogP contribution in [0.2, 0.25) is 0 Å². The maximum absolute atomic E-state index is 5.60. The van der Waals surface area contributed by atoms with E-state index in [4.69, 9.17) is 5.84 Å². The molecule has 20 heavy (non-hydrogen) atoms. The van der Waals surface area contributed by atoms with Crippen LogP contribution in [0.25, 0.3) is 0 Å². The van der Waals surface area contributed by atoms with Gasteiger partial charge in [0.2, 0.25) is 0 Å². The van der Waals surface area contributed by atoms with Crippen LogP contribution >= 0.6 is 0 Å². The maximum atomic E-state index is 5.60. The Bertz CT molecular complexity index is 434. The first-order valence-corrected chi connectivity index (χ1v) is 7.72. The molecule has 5 nitrogen and oxygen atoms in total. The molecule has 0 aromatic carbocycles. The highest BCUT2D eigenvalue weighted by atomic mass is 15.3. The van der Waals surface area contributed by atoms with Crippen LogP contribution < -0.4 is 16.2 Å². The maximum Gasteiger partial charge on any atom is 0.148 e. The van der Waals surface area contributed by atoms with Crippen molar-refractivity contribution in [1.29, 1.82) is 0 Å². The quantitative estimate of drug-likeness (QED) is 0.640. The van der Waals surface area contributed by atoms with Gasteiger partial charge in [-0.25, -0.2) is 15.8 Å². The average Bonchev–Trinajstić information content (AvgIpc) is 2.47. The lowest BCUT2D eigenvalue weighted by atomic mass is 9.85. The van der Waals surface area contributed by atoms with E-state index in [1.807, 2.05) is 0 Å². The van der Waals surface area contributed by atoms with Crippen molar-refractivity contribution < 1.29 is 0 Å². The molecule has 1 fully saturated rings. The summed E-state index contributed by atoms with van der Waals surface area (Å²) in [5, 5.41) is 0. The minimum atomic E-state index is 0.569. The van der Waals surface area contributed by atoms with E-state index in [-0.39, 0.29) is 0 Å². The highest BCUT2D eigenvalue weighted by Gasteiger charge is 2.27.